The first kappa shape index (κ1) is 19.4. The molecule has 0 fully saturated rings. The quantitative estimate of drug-likeness (QED) is 0.792. The summed E-state index contributed by atoms with van der Waals surface area (Å²) in [6, 6.07) is 8.10. The number of rotatable bonds is 5. The molecule has 7 heteroatoms. The van der Waals surface area contributed by atoms with Crippen molar-refractivity contribution in [1.82, 2.24) is 4.57 Å². The minimum Gasteiger partial charge on any atom is -0.477 e. The molecule has 0 saturated heterocycles. The maximum Gasteiger partial charge on any atom is 0.341 e. The third-order valence-electron chi connectivity index (χ3n) is 3.48. The van der Waals surface area contributed by atoms with Crippen LogP contribution < -0.4 is 5.56 Å². The smallest absolute Gasteiger partial charge is 0.341 e. The van der Waals surface area contributed by atoms with E-state index in [0.717, 1.165) is 4.57 Å². The number of aliphatic hydroxyl groups excluding tert-OH is 1. The van der Waals surface area contributed by atoms with Gasteiger partial charge >= 0.3 is 11.9 Å². The van der Waals surface area contributed by atoms with Crippen LogP contribution in [0, 0.1) is 0 Å². The minimum atomic E-state index is -1.38. The molecule has 1 aromatic carbocycles. The van der Waals surface area contributed by atoms with E-state index in [9.17, 15) is 24.6 Å². The minimum absolute atomic E-state index is 0.169. The van der Waals surface area contributed by atoms with Gasteiger partial charge in [-0.1, -0.05) is 18.2 Å². The average Bonchev–Trinajstić information content (AvgIpc) is 2.54. The van der Waals surface area contributed by atoms with Gasteiger partial charge in [0.25, 0.3) is 5.56 Å². The van der Waals surface area contributed by atoms with Crippen LogP contribution in [0.15, 0.2) is 41.3 Å². The number of carboxylic acids is 1. The van der Waals surface area contributed by atoms with Crippen LogP contribution in [0.5, 0.6) is 0 Å². The highest BCUT2D eigenvalue weighted by Crippen LogP contribution is 2.21. The lowest BCUT2D eigenvalue weighted by Crippen LogP contribution is -2.32. The fourth-order valence-electron chi connectivity index (χ4n) is 2.43. The van der Waals surface area contributed by atoms with E-state index >= 15 is 0 Å². The van der Waals surface area contributed by atoms with E-state index in [1.54, 1.807) is 45.0 Å². The molecular formula is C19H21NO6. The van der Waals surface area contributed by atoms with Crippen molar-refractivity contribution in [3.05, 3.63) is 58.0 Å². The number of nitrogens with zero attached hydrogens (tertiary/aromatic N) is 1. The molecule has 0 atom stereocenters. The highest BCUT2D eigenvalue weighted by molar-refractivity contribution is 5.89. The summed E-state index contributed by atoms with van der Waals surface area (Å²) in [5.74, 6) is -2.02. The van der Waals surface area contributed by atoms with Gasteiger partial charge in [-0.2, -0.15) is 0 Å². The van der Waals surface area contributed by atoms with Crippen molar-refractivity contribution < 1.29 is 24.5 Å². The Labute approximate surface area is 150 Å². The molecule has 0 aliphatic rings. The lowest BCUT2D eigenvalue weighted by atomic mass is 10.0. The van der Waals surface area contributed by atoms with Crippen molar-refractivity contribution in [3.8, 4) is 11.1 Å². The first-order chi connectivity index (χ1) is 12.1. The van der Waals surface area contributed by atoms with E-state index in [-0.39, 0.29) is 6.61 Å². The lowest BCUT2D eigenvalue weighted by Gasteiger charge is -2.20. The molecule has 0 amide bonds. The highest BCUT2D eigenvalue weighted by Gasteiger charge is 2.20. The van der Waals surface area contributed by atoms with Crippen molar-refractivity contribution in [3.63, 3.8) is 0 Å². The molecule has 0 saturated carbocycles. The van der Waals surface area contributed by atoms with E-state index < -0.39 is 35.2 Å². The molecule has 0 radical (unpaired) electrons. The summed E-state index contributed by atoms with van der Waals surface area (Å²) < 4.78 is 6.23. The van der Waals surface area contributed by atoms with Crippen LogP contribution in [-0.2, 0) is 22.7 Å². The number of carbonyl (C=O) groups is 2. The number of aromatic nitrogens is 1. The van der Waals surface area contributed by atoms with Crippen LogP contribution in [0.4, 0.5) is 0 Å². The third kappa shape index (κ3) is 4.80. The van der Waals surface area contributed by atoms with Crippen LogP contribution in [0.3, 0.4) is 0 Å². The molecule has 0 spiro atoms. The van der Waals surface area contributed by atoms with E-state index in [1.807, 2.05) is 0 Å². The predicted octanol–water partition coefficient (Wildman–Crippen LogP) is 2.05. The number of hydrogen-bond acceptors (Lipinski definition) is 5. The van der Waals surface area contributed by atoms with Gasteiger partial charge in [0.2, 0.25) is 0 Å². The summed E-state index contributed by atoms with van der Waals surface area (Å²) in [5, 5.41) is 18.6. The zero-order valence-electron chi connectivity index (χ0n) is 14.9. The summed E-state index contributed by atoms with van der Waals surface area (Å²) in [4.78, 5) is 35.8. The Morgan fingerprint density at radius 1 is 1.15 bits per heavy atom. The number of ether oxygens (including phenoxy) is 1. The molecule has 1 aromatic heterocycles. The topological polar surface area (TPSA) is 106 Å². The monoisotopic (exact) mass is 359 g/mol. The molecule has 138 valence electrons. The molecule has 1 heterocycles. The Hall–Kier alpha value is -2.93. The van der Waals surface area contributed by atoms with Crippen LogP contribution in [0.1, 0.15) is 36.7 Å². The molecule has 2 N–H and O–H groups in total. The van der Waals surface area contributed by atoms with Crippen molar-refractivity contribution in [2.24, 2.45) is 0 Å². The summed E-state index contributed by atoms with van der Waals surface area (Å²) in [5.41, 5.74) is -0.239. The first-order valence-corrected chi connectivity index (χ1v) is 8.00. The van der Waals surface area contributed by atoms with Gasteiger partial charge < -0.3 is 19.5 Å². The largest absolute Gasteiger partial charge is 0.477 e. The van der Waals surface area contributed by atoms with Gasteiger partial charge in [-0.25, -0.2) is 4.79 Å². The molecule has 26 heavy (non-hydrogen) atoms. The number of aromatic carboxylic acids is 1. The average molecular weight is 359 g/mol. The van der Waals surface area contributed by atoms with Crippen LogP contribution in [0.2, 0.25) is 0 Å². The van der Waals surface area contributed by atoms with Gasteiger partial charge in [-0.15, -0.1) is 0 Å². The van der Waals surface area contributed by atoms with Gasteiger partial charge in [-0.05, 0) is 49.6 Å². The second kappa shape index (κ2) is 7.53. The van der Waals surface area contributed by atoms with Crippen LogP contribution in [0.25, 0.3) is 11.1 Å². The van der Waals surface area contributed by atoms with Gasteiger partial charge in [0.05, 0.1) is 6.61 Å². The number of carbonyl (C=O) groups excluding carboxylic acids is 1. The normalized spacial score (nSPS) is 11.2. The molecule has 7 nitrogen and oxygen atoms in total. The Morgan fingerprint density at radius 3 is 2.42 bits per heavy atom. The molecule has 0 aliphatic carbocycles. The van der Waals surface area contributed by atoms with Gasteiger partial charge in [0.1, 0.15) is 17.7 Å². The lowest BCUT2D eigenvalue weighted by molar-refractivity contribution is -0.155. The second-order valence-corrected chi connectivity index (χ2v) is 6.83. The Morgan fingerprint density at radius 2 is 1.85 bits per heavy atom. The Balaban J connectivity index is 2.51. The van der Waals surface area contributed by atoms with Gasteiger partial charge in [0, 0.05) is 6.20 Å². The maximum atomic E-state index is 12.4. The molecule has 0 unspecified atom stereocenters. The molecular weight excluding hydrogens is 338 g/mol. The number of benzene rings is 1. The summed E-state index contributed by atoms with van der Waals surface area (Å²) in [6.45, 7) is 4.54. The Kier molecular flexibility index (Phi) is 5.62. The molecule has 2 rings (SSSR count). The first-order valence-electron chi connectivity index (χ1n) is 8.00. The van der Waals surface area contributed by atoms with Crippen molar-refractivity contribution in [2.75, 3.05) is 0 Å². The summed E-state index contributed by atoms with van der Waals surface area (Å²) >= 11 is 0. The zero-order valence-corrected chi connectivity index (χ0v) is 14.9. The molecule has 0 aliphatic heterocycles. The molecule has 2 aromatic rings. The fraction of sp³-hybridized carbons (Fsp3) is 0.316. The van der Waals surface area contributed by atoms with Gasteiger partial charge in [0.15, 0.2) is 0 Å². The predicted molar refractivity (Wildman–Crippen MR) is 94.9 cm³/mol. The number of aliphatic hydroxyl groups is 1. The number of esters is 1. The van der Waals surface area contributed by atoms with Crippen molar-refractivity contribution in [1.29, 1.82) is 0 Å². The third-order valence-corrected chi connectivity index (χ3v) is 3.48. The fourth-order valence-corrected chi connectivity index (χ4v) is 2.43. The number of hydrogen-bond donors (Lipinski definition) is 2. The van der Waals surface area contributed by atoms with Crippen LogP contribution in [-0.4, -0.2) is 32.3 Å². The standard InChI is InChI=1S/C19H21NO6/c1-19(2,3)26-16(22)10-20-9-14(8-15(17(20)23)18(24)25)13-6-4-5-12(7-13)11-21/h4-9,21H,10-11H2,1-3H3,(H,24,25). The van der Waals surface area contributed by atoms with E-state index in [0.29, 0.717) is 16.7 Å². The van der Waals surface area contributed by atoms with Crippen molar-refractivity contribution in [2.45, 2.75) is 39.5 Å². The van der Waals surface area contributed by atoms with E-state index in [4.69, 9.17) is 4.74 Å². The Bertz CT molecular complexity index is 892. The zero-order chi connectivity index (χ0) is 19.5. The van der Waals surface area contributed by atoms with E-state index in [2.05, 4.69) is 0 Å². The molecule has 0 bridgehead atoms. The highest BCUT2D eigenvalue weighted by atomic mass is 16.6. The maximum absolute atomic E-state index is 12.4. The SMILES string of the molecule is CC(C)(C)OC(=O)Cn1cc(-c2cccc(CO)c2)cc(C(=O)O)c1=O. The van der Waals surface area contributed by atoms with Crippen molar-refractivity contribution >= 4 is 11.9 Å². The summed E-state index contributed by atoms with van der Waals surface area (Å²) in [6.07, 6.45) is 1.41. The summed E-state index contributed by atoms with van der Waals surface area (Å²) in [7, 11) is 0. The van der Waals surface area contributed by atoms with Crippen LogP contribution >= 0.6 is 0 Å². The number of carboxylic acid groups (broad SMARTS) is 1. The van der Waals surface area contributed by atoms with E-state index in [1.165, 1.54) is 12.3 Å². The second-order valence-electron chi connectivity index (χ2n) is 6.83. The van der Waals surface area contributed by atoms with Gasteiger partial charge in [-0.3, -0.25) is 9.59 Å². The number of pyridine rings is 1.